The van der Waals surface area contributed by atoms with Crippen LogP contribution in [0, 0.1) is 5.92 Å². The van der Waals surface area contributed by atoms with Crippen LogP contribution in [0.15, 0.2) is 42.6 Å². The van der Waals surface area contributed by atoms with Gasteiger partial charge >= 0.3 is 0 Å². The lowest BCUT2D eigenvalue weighted by Gasteiger charge is -2.49. The molecule has 14 nitrogen and oxygen atoms in total. The number of amides is 5. The zero-order valence-corrected chi connectivity index (χ0v) is 29.8. The third kappa shape index (κ3) is 5.26. The molecule has 52 heavy (non-hydrogen) atoms. The number of carbonyl (C=O) groups is 5. The molecule has 1 aromatic heterocycles. The van der Waals surface area contributed by atoms with E-state index in [1.54, 1.807) is 44.5 Å². The van der Waals surface area contributed by atoms with E-state index in [9.17, 15) is 24.0 Å². The highest BCUT2D eigenvalue weighted by Crippen LogP contribution is 2.45. The number of anilines is 2. The molecular formula is C38H41N7O7. The van der Waals surface area contributed by atoms with Crippen molar-refractivity contribution >= 4 is 41.0 Å². The van der Waals surface area contributed by atoms with E-state index in [2.05, 4.69) is 32.2 Å². The Morgan fingerprint density at radius 1 is 0.885 bits per heavy atom. The van der Waals surface area contributed by atoms with Crippen LogP contribution >= 0.6 is 0 Å². The van der Waals surface area contributed by atoms with Crippen molar-refractivity contribution in [3.05, 3.63) is 76.0 Å². The van der Waals surface area contributed by atoms with Gasteiger partial charge in [-0.25, -0.2) is 4.98 Å². The molecule has 5 amide bonds. The third-order valence-corrected chi connectivity index (χ3v) is 11.3. The topological polar surface area (TPSA) is 145 Å². The third-order valence-electron chi connectivity index (χ3n) is 11.3. The van der Waals surface area contributed by atoms with E-state index in [1.807, 2.05) is 31.1 Å². The standard InChI is InChI=1S/C38H41N7O7/c1-41(2)32-15-24-26(16-39-32)36(48)42(3)18-27(24)21-12-30(51-4)28(31(13-21)52-5)19-43-11-10-20-17-44(35(20)43)22-6-7-23-25(14-22)38(50)45(37(23)49)29-8-9-33(46)40-34(29)47/h6-7,12-16,20,27,29,35H,8-11,17-19H2,1-5H3,(H,40,46,47). The number of ether oxygens (including phenoxy) is 2. The molecule has 0 aliphatic carbocycles. The van der Waals surface area contributed by atoms with Gasteiger partial charge in [0.05, 0.1) is 42.6 Å². The fourth-order valence-electron chi connectivity index (χ4n) is 8.52. The number of hydrogen-bond acceptors (Lipinski definition) is 11. The summed E-state index contributed by atoms with van der Waals surface area (Å²) in [5.41, 5.74) is 4.75. The van der Waals surface area contributed by atoms with Crippen molar-refractivity contribution in [1.82, 2.24) is 25.0 Å². The predicted octanol–water partition coefficient (Wildman–Crippen LogP) is 2.45. The molecule has 14 heteroatoms. The minimum atomic E-state index is -1.01. The SMILES string of the molecule is COc1cc(C2CN(C)C(=O)c3cnc(N(C)C)cc32)cc(OC)c1CN1CCC2CN(c3ccc4c(c3)C(=O)N(C3CCC(=O)NC3=O)C4=O)C21. The number of likely N-dealkylation sites (N-methyl/N-ethyl adjacent to an activating group) is 1. The second kappa shape index (κ2) is 12.6. The zero-order valence-electron chi connectivity index (χ0n) is 29.8. The Morgan fingerprint density at radius 3 is 2.31 bits per heavy atom. The first-order valence-corrected chi connectivity index (χ1v) is 17.5. The van der Waals surface area contributed by atoms with Crippen molar-refractivity contribution in [1.29, 1.82) is 0 Å². The molecule has 3 saturated heterocycles. The first-order valence-electron chi connectivity index (χ1n) is 17.5. The molecule has 6 heterocycles. The Kier molecular flexibility index (Phi) is 8.16. The molecule has 4 atom stereocenters. The van der Waals surface area contributed by atoms with Crippen molar-refractivity contribution in [3.8, 4) is 11.5 Å². The van der Waals surface area contributed by atoms with Crippen LogP contribution in [0.5, 0.6) is 11.5 Å². The summed E-state index contributed by atoms with van der Waals surface area (Å²) in [7, 11) is 8.97. The molecule has 1 N–H and O–H groups in total. The van der Waals surface area contributed by atoms with Crippen molar-refractivity contribution in [2.75, 3.05) is 64.8 Å². The normalized spacial score (nSPS) is 24.0. The number of rotatable bonds is 8. The number of carbonyl (C=O) groups excluding carboxylic acids is 5. The van der Waals surface area contributed by atoms with Crippen LogP contribution in [0.2, 0.25) is 0 Å². The van der Waals surface area contributed by atoms with Crippen molar-refractivity contribution in [2.24, 2.45) is 5.92 Å². The number of aromatic nitrogens is 1. The predicted molar refractivity (Wildman–Crippen MR) is 190 cm³/mol. The molecule has 5 aliphatic rings. The minimum Gasteiger partial charge on any atom is -0.496 e. The summed E-state index contributed by atoms with van der Waals surface area (Å²) in [6.07, 6.45) is 2.92. The van der Waals surface area contributed by atoms with E-state index >= 15 is 0 Å². The lowest BCUT2D eigenvalue weighted by atomic mass is 9.84. The highest BCUT2D eigenvalue weighted by molar-refractivity contribution is 6.23. The lowest BCUT2D eigenvalue weighted by molar-refractivity contribution is -0.136. The van der Waals surface area contributed by atoms with Crippen LogP contribution in [0.1, 0.15) is 72.9 Å². The fourth-order valence-corrected chi connectivity index (χ4v) is 8.52. The summed E-state index contributed by atoms with van der Waals surface area (Å²) in [5.74, 6) is 0.354. The zero-order chi connectivity index (χ0) is 36.6. The van der Waals surface area contributed by atoms with Gasteiger partial charge in [-0.3, -0.25) is 39.1 Å². The Labute approximate surface area is 301 Å². The summed E-state index contributed by atoms with van der Waals surface area (Å²) in [4.78, 5) is 78.0. The summed E-state index contributed by atoms with van der Waals surface area (Å²) in [6, 6.07) is 10.4. The Balaban J connectivity index is 1.06. The summed E-state index contributed by atoms with van der Waals surface area (Å²) in [6.45, 7) is 2.72. The van der Waals surface area contributed by atoms with Gasteiger partial charge in [0.2, 0.25) is 11.8 Å². The van der Waals surface area contributed by atoms with Crippen LogP contribution < -0.4 is 24.6 Å². The van der Waals surface area contributed by atoms with Crippen LogP contribution in [-0.2, 0) is 16.1 Å². The number of pyridine rings is 1. The van der Waals surface area contributed by atoms with E-state index in [4.69, 9.17) is 9.47 Å². The van der Waals surface area contributed by atoms with Gasteiger partial charge in [-0.2, -0.15) is 0 Å². The van der Waals surface area contributed by atoms with Gasteiger partial charge in [-0.1, -0.05) is 0 Å². The monoisotopic (exact) mass is 707 g/mol. The largest absolute Gasteiger partial charge is 0.496 e. The van der Waals surface area contributed by atoms with Crippen molar-refractivity contribution in [2.45, 2.75) is 43.9 Å². The second-order valence-electron chi connectivity index (χ2n) is 14.4. The molecule has 5 aliphatic heterocycles. The minimum absolute atomic E-state index is 0.0563. The van der Waals surface area contributed by atoms with E-state index in [0.717, 1.165) is 52.6 Å². The number of fused-ring (bicyclic) bond motifs is 3. The van der Waals surface area contributed by atoms with Crippen LogP contribution in [0.3, 0.4) is 0 Å². The Morgan fingerprint density at radius 2 is 1.62 bits per heavy atom. The first kappa shape index (κ1) is 33.6. The number of methoxy groups -OCH3 is 2. The van der Waals surface area contributed by atoms with Gasteiger partial charge in [0.1, 0.15) is 23.4 Å². The Bertz CT molecular complexity index is 2020. The van der Waals surface area contributed by atoms with Gasteiger partial charge in [0, 0.05) is 77.5 Å². The van der Waals surface area contributed by atoms with Crippen LogP contribution in [0.4, 0.5) is 11.5 Å². The highest BCUT2D eigenvalue weighted by atomic mass is 16.5. The van der Waals surface area contributed by atoms with Gasteiger partial charge in [-0.05, 0) is 60.4 Å². The van der Waals surface area contributed by atoms with Crippen LogP contribution in [-0.4, -0.2) is 116 Å². The molecule has 0 saturated carbocycles. The summed E-state index contributed by atoms with van der Waals surface area (Å²) in [5, 5.41) is 2.25. The fraction of sp³-hybridized carbons (Fsp3) is 0.421. The van der Waals surface area contributed by atoms with Crippen molar-refractivity contribution < 1.29 is 33.4 Å². The molecule has 4 unspecified atom stereocenters. The van der Waals surface area contributed by atoms with Crippen LogP contribution in [0.25, 0.3) is 0 Å². The smallest absolute Gasteiger partial charge is 0.262 e. The number of piperidine rings is 1. The maximum atomic E-state index is 13.5. The van der Waals surface area contributed by atoms with E-state index < -0.39 is 29.7 Å². The summed E-state index contributed by atoms with van der Waals surface area (Å²) >= 11 is 0. The van der Waals surface area contributed by atoms with Gasteiger partial charge in [0.25, 0.3) is 17.7 Å². The molecule has 0 radical (unpaired) electrons. The highest BCUT2D eigenvalue weighted by Gasteiger charge is 2.49. The quantitative estimate of drug-likeness (QED) is 0.345. The molecule has 8 rings (SSSR count). The van der Waals surface area contributed by atoms with E-state index in [0.29, 0.717) is 36.1 Å². The molecule has 0 bridgehead atoms. The van der Waals surface area contributed by atoms with E-state index in [1.165, 1.54) is 0 Å². The second-order valence-corrected chi connectivity index (χ2v) is 14.4. The molecular weight excluding hydrogens is 666 g/mol. The number of likely N-dealkylation sites (tertiary alicyclic amines) is 1. The maximum Gasteiger partial charge on any atom is 0.262 e. The number of nitrogens with zero attached hydrogens (tertiary/aromatic N) is 6. The molecule has 270 valence electrons. The van der Waals surface area contributed by atoms with Crippen molar-refractivity contribution in [3.63, 3.8) is 0 Å². The van der Waals surface area contributed by atoms with Gasteiger partial charge in [0.15, 0.2) is 0 Å². The first-order chi connectivity index (χ1) is 25.0. The summed E-state index contributed by atoms with van der Waals surface area (Å²) < 4.78 is 12.0. The number of nitrogens with one attached hydrogen (secondary N) is 1. The number of benzene rings is 2. The maximum absolute atomic E-state index is 13.5. The number of hydrogen-bond donors (Lipinski definition) is 1. The molecule has 2 aromatic carbocycles. The number of imide groups is 2. The lowest BCUT2D eigenvalue weighted by Crippen LogP contribution is -2.59. The van der Waals surface area contributed by atoms with E-state index in [-0.39, 0.29) is 42.0 Å². The Hall–Kier alpha value is -5.50. The average Bonchev–Trinajstić information content (AvgIpc) is 3.56. The molecule has 0 spiro atoms. The van der Waals surface area contributed by atoms with Gasteiger partial charge in [-0.15, -0.1) is 0 Å². The molecule has 3 fully saturated rings. The molecule has 3 aromatic rings. The average molecular weight is 708 g/mol. The van der Waals surface area contributed by atoms with Gasteiger partial charge < -0.3 is 24.2 Å².